The smallest absolute Gasteiger partial charge is 0.244 e. The summed E-state index contributed by atoms with van der Waals surface area (Å²) in [5, 5.41) is 5.87. The van der Waals surface area contributed by atoms with Gasteiger partial charge in [-0.2, -0.15) is 0 Å². The molecule has 0 aliphatic carbocycles. The Labute approximate surface area is 143 Å². The molecule has 1 atom stereocenters. The molecule has 0 saturated carbocycles. The molecule has 6 heteroatoms. The van der Waals surface area contributed by atoms with Crippen LogP contribution in [0.15, 0.2) is 11.6 Å². The maximum absolute atomic E-state index is 12.7. The molecule has 0 radical (unpaired) electrons. The van der Waals surface area contributed by atoms with Gasteiger partial charge in [0.25, 0.3) is 0 Å². The van der Waals surface area contributed by atoms with Crippen molar-refractivity contribution in [3.8, 4) is 0 Å². The molecule has 1 aromatic rings. The molecule has 1 aromatic heterocycles. The molecular weight excluding hydrogens is 310 g/mol. The Morgan fingerprint density at radius 1 is 1.35 bits per heavy atom. The molecule has 0 spiro atoms. The summed E-state index contributed by atoms with van der Waals surface area (Å²) in [6, 6.07) is -0.469. The third-order valence-corrected chi connectivity index (χ3v) is 4.35. The van der Waals surface area contributed by atoms with Gasteiger partial charge in [-0.05, 0) is 12.3 Å². The highest BCUT2D eigenvalue weighted by Gasteiger charge is 2.29. The highest BCUT2D eigenvalue weighted by molar-refractivity contribution is 7.09. The fourth-order valence-corrected chi connectivity index (χ4v) is 2.69. The highest BCUT2D eigenvalue weighted by atomic mass is 32.1. The Hall–Kier alpha value is -1.43. The van der Waals surface area contributed by atoms with E-state index in [2.05, 4.69) is 24.1 Å². The topological polar surface area (TPSA) is 62.3 Å². The number of amides is 2. The molecule has 1 rings (SSSR count). The van der Waals surface area contributed by atoms with E-state index in [1.54, 1.807) is 29.5 Å². The van der Waals surface area contributed by atoms with Gasteiger partial charge in [-0.15, -0.1) is 11.3 Å². The summed E-state index contributed by atoms with van der Waals surface area (Å²) in [6.07, 6.45) is 3.15. The van der Waals surface area contributed by atoms with Crippen LogP contribution in [0.5, 0.6) is 0 Å². The van der Waals surface area contributed by atoms with E-state index in [1.165, 1.54) is 0 Å². The molecule has 5 nitrogen and oxygen atoms in total. The number of nitrogens with one attached hydrogen (secondary N) is 1. The second-order valence-electron chi connectivity index (χ2n) is 7.34. The number of likely N-dealkylation sites (N-methyl/N-ethyl adjacent to an activating group) is 1. The minimum Gasteiger partial charge on any atom is -0.344 e. The van der Waals surface area contributed by atoms with E-state index in [1.807, 2.05) is 26.2 Å². The van der Waals surface area contributed by atoms with E-state index in [0.29, 0.717) is 18.9 Å². The van der Waals surface area contributed by atoms with Crippen LogP contribution in [0.3, 0.4) is 0 Å². The van der Waals surface area contributed by atoms with Crippen molar-refractivity contribution in [2.45, 2.75) is 53.5 Å². The van der Waals surface area contributed by atoms with Crippen LogP contribution in [-0.2, 0) is 16.0 Å². The lowest BCUT2D eigenvalue weighted by molar-refractivity contribution is -0.138. The molecule has 2 amide bonds. The Morgan fingerprint density at radius 2 is 2.00 bits per heavy atom. The monoisotopic (exact) mass is 339 g/mol. The molecule has 0 unspecified atom stereocenters. The largest absolute Gasteiger partial charge is 0.344 e. The van der Waals surface area contributed by atoms with Crippen molar-refractivity contribution in [1.82, 2.24) is 15.2 Å². The molecule has 1 heterocycles. The molecule has 0 fully saturated rings. The number of hydrogen-bond donors (Lipinski definition) is 1. The first-order chi connectivity index (χ1) is 10.6. The second kappa shape index (κ2) is 8.43. The number of nitrogens with zero attached hydrogens (tertiary/aromatic N) is 2. The highest BCUT2D eigenvalue weighted by Crippen LogP contribution is 2.15. The van der Waals surface area contributed by atoms with E-state index in [-0.39, 0.29) is 11.8 Å². The summed E-state index contributed by atoms with van der Waals surface area (Å²) in [5.41, 5.74) is -0.505. The predicted molar refractivity (Wildman–Crippen MR) is 94.3 cm³/mol. The molecule has 0 saturated heterocycles. The van der Waals surface area contributed by atoms with Gasteiger partial charge in [-0.25, -0.2) is 4.98 Å². The van der Waals surface area contributed by atoms with Crippen LogP contribution in [0.2, 0.25) is 0 Å². The van der Waals surface area contributed by atoms with Crippen LogP contribution in [0.25, 0.3) is 0 Å². The zero-order chi connectivity index (χ0) is 17.6. The van der Waals surface area contributed by atoms with Crippen LogP contribution in [0.4, 0.5) is 0 Å². The molecule has 0 aliphatic rings. The molecular formula is C17H29N3O2S. The Bertz CT molecular complexity index is 506. The first kappa shape index (κ1) is 19.6. The van der Waals surface area contributed by atoms with Crippen LogP contribution in [0, 0.1) is 11.3 Å². The predicted octanol–water partition coefficient (Wildman–Crippen LogP) is 2.72. The summed E-state index contributed by atoms with van der Waals surface area (Å²) >= 11 is 1.59. The van der Waals surface area contributed by atoms with Gasteiger partial charge in [0, 0.05) is 37.0 Å². The lowest BCUT2D eigenvalue weighted by Crippen LogP contribution is -2.51. The Balaban J connectivity index is 2.68. The SMILES string of the molecule is CC(C)C[C@H](NC(=O)C(C)(C)C)C(=O)N(C)CCc1nccs1. The zero-order valence-electron chi connectivity index (χ0n) is 15.0. The number of thiazole rings is 1. The first-order valence-corrected chi connectivity index (χ1v) is 8.93. The zero-order valence-corrected chi connectivity index (χ0v) is 15.9. The fourth-order valence-electron chi connectivity index (χ4n) is 2.08. The molecule has 1 N–H and O–H groups in total. The third-order valence-electron chi connectivity index (χ3n) is 3.51. The average molecular weight is 340 g/mol. The van der Waals surface area contributed by atoms with Gasteiger partial charge >= 0.3 is 0 Å². The number of carbonyl (C=O) groups excluding carboxylic acids is 2. The van der Waals surface area contributed by atoms with Gasteiger partial charge in [0.1, 0.15) is 6.04 Å². The van der Waals surface area contributed by atoms with Crippen LogP contribution < -0.4 is 5.32 Å². The lowest BCUT2D eigenvalue weighted by Gasteiger charge is -2.28. The fraction of sp³-hybridized carbons (Fsp3) is 0.706. The van der Waals surface area contributed by atoms with Gasteiger partial charge in [0.2, 0.25) is 11.8 Å². The van der Waals surface area contributed by atoms with Crippen LogP contribution >= 0.6 is 11.3 Å². The van der Waals surface area contributed by atoms with E-state index in [9.17, 15) is 9.59 Å². The standard InChI is InChI=1S/C17H29N3O2S/c1-12(2)11-13(19-16(22)17(3,4)5)15(21)20(6)9-7-14-18-8-10-23-14/h8,10,12-13H,7,9,11H2,1-6H3,(H,19,22)/t13-/m0/s1. The maximum atomic E-state index is 12.7. The van der Waals surface area contributed by atoms with E-state index >= 15 is 0 Å². The molecule has 130 valence electrons. The van der Waals surface area contributed by atoms with Crippen molar-refractivity contribution in [2.24, 2.45) is 11.3 Å². The summed E-state index contributed by atoms with van der Waals surface area (Å²) < 4.78 is 0. The van der Waals surface area contributed by atoms with Crippen molar-refractivity contribution in [1.29, 1.82) is 0 Å². The van der Waals surface area contributed by atoms with E-state index in [4.69, 9.17) is 0 Å². The number of hydrogen-bond acceptors (Lipinski definition) is 4. The second-order valence-corrected chi connectivity index (χ2v) is 8.32. The van der Waals surface area contributed by atoms with Crippen molar-refractivity contribution < 1.29 is 9.59 Å². The summed E-state index contributed by atoms with van der Waals surface area (Å²) in [7, 11) is 1.78. The molecule has 0 bridgehead atoms. The number of rotatable bonds is 7. The van der Waals surface area contributed by atoms with Gasteiger partial charge in [0.05, 0.1) is 5.01 Å². The number of carbonyl (C=O) groups is 2. The Kier molecular flexibility index (Phi) is 7.19. The van der Waals surface area contributed by atoms with E-state index in [0.717, 1.165) is 11.4 Å². The minimum absolute atomic E-state index is 0.0344. The molecule has 23 heavy (non-hydrogen) atoms. The van der Waals surface area contributed by atoms with Crippen molar-refractivity contribution in [3.63, 3.8) is 0 Å². The quantitative estimate of drug-likeness (QED) is 0.831. The minimum atomic E-state index is -0.505. The molecule has 0 aromatic carbocycles. The van der Waals surface area contributed by atoms with Gasteiger partial charge < -0.3 is 10.2 Å². The Morgan fingerprint density at radius 3 is 2.48 bits per heavy atom. The normalized spacial score (nSPS) is 13.0. The first-order valence-electron chi connectivity index (χ1n) is 8.05. The van der Waals surface area contributed by atoms with Crippen molar-refractivity contribution in [3.05, 3.63) is 16.6 Å². The summed E-state index contributed by atoms with van der Waals surface area (Å²) in [6.45, 7) is 10.3. The van der Waals surface area contributed by atoms with Crippen molar-refractivity contribution >= 4 is 23.2 Å². The maximum Gasteiger partial charge on any atom is 0.244 e. The number of aromatic nitrogens is 1. The average Bonchev–Trinajstić information content (AvgIpc) is 2.94. The van der Waals surface area contributed by atoms with Crippen LogP contribution in [-0.4, -0.2) is 41.3 Å². The third kappa shape index (κ3) is 6.69. The van der Waals surface area contributed by atoms with Gasteiger partial charge in [-0.1, -0.05) is 34.6 Å². The van der Waals surface area contributed by atoms with E-state index < -0.39 is 11.5 Å². The summed E-state index contributed by atoms with van der Waals surface area (Å²) in [4.78, 5) is 30.9. The van der Waals surface area contributed by atoms with Gasteiger partial charge in [0.15, 0.2) is 0 Å². The van der Waals surface area contributed by atoms with Crippen molar-refractivity contribution in [2.75, 3.05) is 13.6 Å². The lowest BCUT2D eigenvalue weighted by atomic mass is 9.94. The van der Waals surface area contributed by atoms with Gasteiger partial charge in [-0.3, -0.25) is 9.59 Å². The molecule has 0 aliphatic heterocycles. The summed E-state index contributed by atoms with van der Waals surface area (Å²) in [5.74, 6) is 0.203. The van der Waals surface area contributed by atoms with Crippen LogP contribution in [0.1, 0.15) is 46.0 Å².